The molecule has 0 saturated carbocycles. The number of ether oxygens (including phenoxy) is 1. The van der Waals surface area contributed by atoms with Crippen molar-refractivity contribution in [2.24, 2.45) is 0 Å². The Kier molecular flexibility index (Phi) is 4.69. The number of nitrogens with zero attached hydrogens (tertiary/aromatic N) is 1. The summed E-state index contributed by atoms with van der Waals surface area (Å²) in [5, 5.41) is -0.346. The molecule has 0 bridgehead atoms. The number of imide groups is 1. The van der Waals surface area contributed by atoms with Crippen molar-refractivity contribution in [3.63, 3.8) is 0 Å². The predicted molar refractivity (Wildman–Crippen MR) is 94.5 cm³/mol. The van der Waals surface area contributed by atoms with Gasteiger partial charge in [-0.2, -0.15) is 0 Å². The first-order chi connectivity index (χ1) is 11.7. The number of carbonyl (C=O) groups is 2. The topological polar surface area (TPSA) is 46.6 Å². The molecule has 1 aliphatic rings. The molecule has 0 radical (unpaired) electrons. The number of rotatable bonds is 4. The second-order valence-corrected chi connectivity index (χ2v) is 5.95. The minimum Gasteiger partial charge on any atom is -0.457 e. The van der Waals surface area contributed by atoms with Crippen LogP contribution in [0.15, 0.2) is 59.5 Å². The van der Waals surface area contributed by atoms with Gasteiger partial charge in [-0.1, -0.05) is 36.3 Å². The summed E-state index contributed by atoms with van der Waals surface area (Å²) < 4.78 is 5.77. The van der Waals surface area contributed by atoms with Crippen LogP contribution in [0.25, 0.3) is 6.08 Å². The molecule has 118 valence electrons. The molecule has 4 nitrogen and oxygen atoms in total. The van der Waals surface area contributed by atoms with E-state index in [-0.39, 0.29) is 17.7 Å². The maximum absolute atomic E-state index is 12.2. The molecule has 2 amide bonds. The molecule has 1 aliphatic heterocycles. The number of amides is 2. The maximum atomic E-state index is 12.2. The van der Waals surface area contributed by atoms with Crippen molar-refractivity contribution >= 4 is 29.0 Å². The smallest absolute Gasteiger partial charge is 0.294 e. The number of carbonyl (C=O) groups excluding carboxylic acids is 2. The van der Waals surface area contributed by atoms with Crippen LogP contribution in [0.4, 0.5) is 4.79 Å². The zero-order chi connectivity index (χ0) is 16.9. The normalized spacial score (nSPS) is 15.6. The van der Waals surface area contributed by atoms with E-state index in [0.717, 1.165) is 28.0 Å². The van der Waals surface area contributed by atoms with Crippen molar-refractivity contribution in [3.8, 4) is 23.8 Å². The summed E-state index contributed by atoms with van der Waals surface area (Å²) in [6.45, 7) is -0.0147. The number of benzene rings is 2. The van der Waals surface area contributed by atoms with Crippen molar-refractivity contribution in [1.29, 1.82) is 0 Å². The molecule has 0 aliphatic carbocycles. The van der Waals surface area contributed by atoms with Crippen molar-refractivity contribution in [3.05, 3.63) is 65.1 Å². The van der Waals surface area contributed by atoms with E-state index >= 15 is 0 Å². The van der Waals surface area contributed by atoms with Gasteiger partial charge in [0.2, 0.25) is 0 Å². The van der Waals surface area contributed by atoms with Crippen LogP contribution in [0, 0.1) is 12.3 Å². The van der Waals surface area contributed by atoms with Gasteiger partial charge in [0.25, 0.3) is 11.1 Å². The maximum Gasteiger partial charge on any atom is 0.294 e. The third kappa shape index (κ3) is 3.50. The van der Waals surface area contributed by atoms with Crippen molar-refractivity contribution in [2.75, 3.05) is 6.54 Å². The number of para-hydroxylation sites is 1. The predicted octanol–water partition coefficient (Wildman–Crippen LogP) is 4.15. The first kappa shape index (κ1) is 15.9. The summed E-state index contributed by atoms with van der Waals surface area (Å²) in [7, 11) is 0. The Morgan fingerprint density at radius 1 is 1.08 bits per heavy atom. The van der Waals surface area contributed by atoms with Crippen LogP contribution >= 0.6 is 11.8 Å². The summed E-state index contributed by atoms with van der Waals surface area (Å²) in [4.78, 5) is 25.4. The van der Waals surface area contributed by atoms with E-state index < -0.39 is 0 Å². The van der Waals surface area contributed by atoms with Crippen LogP contribution in [0.5, 0.6) is 11.5 Å². The Labute approximate surface area is 144 Å². The molecule has 1 heterocycles. The van der Waals surface area contributed by atoms with Crippen LogP contribution in [0.3, 0.4) is 0 Å². The lowest BCUT2D eigenvalue weighted by Gasteiger charge is -2.07. The Hall–Kier alpha value is -2.97. The van der Waals surface area contributed by atoms with Gasteiger partial charge in [-0.15, -0.1) is 6.42 Å². The number of hydrogen-bond acceptors (Lipinski definition) is 4. The van der Waals surface area contributed by atoms with Crippen LogP contribution in [0.2, 0.25) is 0 Å². The van der Waals surface area contributed by atoms with Crippen LogP contribution in [0.1, 0.15) is 5.56 Å². The van der Waals surface area contributed by atoms with E-state index in [2.05, 4.69) is 5.92 Å². The monoisotopic (exact) mass is 335 g/mol. The molecular weight excluding hydrogens is 322 g/mol. The molecule has 1 fully saturated rings. The Bertz CT molecular complexity index is 852. The molecule has 0 spiro atoms. The fraction of sp³-hybridized carbons (Fsp3) is 0.0526. The number of terminal acetylenes is 1. The molecule has 5 heteroatoms. The van der Waals surface area contributed by atoms with Gasteiger partial charge in [0.05, 0.1) is 11.4 Å². The largest absolute Gasteiger partial charge is 0.457 e. The highest BCUT2D eigenvalue weighted by atomic mass is 32.2. The van der Waals surface area contributed by atoms with E-state index in [4.69, 9.17) is 11.2 Å². The third-order valence-corrected chi connectivity index (χ3v) is 4.17. The molecule has 0 N–H and O–H groups in total. The fourth-order valence-corrected chi connectivity index (χ4v) is 3.01. The summed E-state index contributed by atoms with van der Waals surface area (Å²) in [6, 6.07) is 16.7. The second-order valence-electron chi connectivity index (χ2n) is 4.96. The standard InChI is InChI=1S/C19H13NO3S/c1-2-11-20-18(21)17(24-19(20)22)13-14-7-6-10-16(12-14)23-15-8-4-3-5-9-15/h1,3-10,12-13H,11H2/b17-13+. The van der Waals surface area contributed by atoms with Crippen molar-refractivity contribution < 1.29 is 14.3 Å². The summed E-state index contributed by atoms with van der Waals surface area (Å²) in [6.07, 6.45) is 6.85. The summed E-state index contributed by atoms with van der Waals surface area (Å²) >= 11 is 0.889. The Balaban J connectivity index is 1.81. The molecule has 2 aromatic rings. The van der Waals surface area contributed by atoms with Gasteiger partial charge in [-0.3, -0.25) is 14.5 Å². The first-order valence-corrected chi connectivity index (χ1v) is 8.01. The summed E-state index contributed by atoms with van der Waals surface area (Å²) in [5.74, 6) is 3.33. The molecule has 3 rings (SSSR count). The quantitative estimate of drug-likeness (QED) is 0.622. The van der Waals surface area contributed by atoms with Gasteiger partial charge >= 0.3 is 0 Å². The lowest BCUT2D eigenvalue weighted by atomic mass is 10.2. The van der Waals surface area contributed by atoms with Crippen LogP contribution in [-0.4, -0.2) is 22.6 Å². The minimum atomic E-state index is -0.364. The van der Waals surface area contributed by atoms with E-state index in [0.29, 0.717) is 10.7 Å². The first-order valence-electron chi connectivity index (χ1n) is 7.19. The van der Waals surface area contributed by atoms with Gasteiger partial charge in [-0.05, 0) is 47.7 Å². The van der Waals surface area contributed by atoms with Crippen LogP contribution < -0.4 is 4.74 Å². The highest BCUT2D eigenvalue weighted by Crippen LogP contribution is 2.32. The van der Waals surface area contributed by atoms with Gasteiger partial charge in [0, 0.05) is 0 Å². The lowest BCUT2D eigenvalue weighted by molar-refractivity contribution is -0.122. The van der Waals surface area contributed by atoms with Crippen molar-refractivity contribution in [2.45, 2.75) is 0 Å². The summed E-state index contributed by atoms with van der Waals surface area (Å²) in [5.41, 5.74) is 0.773. The molecule has 0 unspecified atom stereocenters. The van der Waals surface area contributed by atoms with E-state index in [9.17, 15) is 9.59 Å². The second kappa shape index (κ2) is 7.07. The van der Waals surface area contributed by atoms with Gasteiger partial charge in [0.15, 0.2) is 0 Å². The number of thioether (sulfide) groups is 1. The molecule has 0 atom stereocenters. The zero-order valence-electron chi connectivity index (χ0n) is 12.6. The SMILES string of the molecule is C#CCN1C(=O)S/C(=C/c2cccc(Oc3ccccc3)c2)C1=O. The highest BCUT2D eigenvalue weighted by molar-refractivity contribution is 8.18. The van der Waals surface area contributed by atoms with Gasteiger partial charge < -0.3 is 4.74 Å². The highest BCUT2D eigenvalue weighted by Gasteiger charge is 2.34. The molecule has 2 aromatic carbocycles. The van der Waals surface area contributed by atoms with Gasteiger partial charge in [-0.25, -0.2) is 0 Å². The molecule has 0 aromatic heterocycles. The molecule has 1 saturated heterocycles. The molecule has 24 heavy (non-hydrogen) atoms. The third-order valence-electron chi connectivity index (χ3n) is 3.26. The van der Waals surface area contributed by atoms with E-state index in [1.807, 2.05) is 54.6 Å². The Morgan fingerprint density at radius 2 is 1.83 bits per heavy atom. The van der Waals surface area contributed by atoms with E-state index in [1.165, 1.54) is 0 Å². The number of hydrogen-bond donors (Lipinski definition) is 0. The average molecular weight is 335 g/mol. The Morgan fingerprint density at radius 3 is 2.58 bits per heavy atom. The minimum absolute atomic E-state index is 0.0147. The van der Waals surface area contributed by atoms with Crippen LogP contribution in [-0.2, 0) is 4.79 Å². The molecular formula is C19H13NO3S. The van der Waals surface area contributed by atoms with Crippen molar-refractivity contribution in [1.82, 2.24) is 4.90 Å². The average Bonchev–Trinajstić information content (AvgIpc) is 2.84. The lowest BCUT2D eigenvalue weighted by Crippen LogP contribution is -2.28. The fourth-order valence-electron chi connectivity index (χ4n) is 2.17. The van der Waals surface area contributed by atoms with E-state index in [1.54, 1.807) is 6.08 Å². The zero-order valence-corrected chi connectivity index (χ0v) is 13.5. The van der Waals surface area contributed by atoms with Gasteiger partial charge in [0.1, 0.15) is 11.5 Å².